The van der Waals surface area contributed by atoms with E-state index in [0.717, 1.165) is 22.7 Å². The molecule has 0 unspecified atom stereocenters. The summed E-state index contributed by atoms with van der Waals surface area (Å²) in [4.78, 5) is 30.6. The first kappa shape index (κ1) is 23.1. The molecule has 0 radical (unpaired) electrons. The second kappa shape index (κ2) is 9.43. The van der Waals surface area contributed by atoms with Crippen molar-refractivity contribution in [2.24, 2.45) is 7.05 Å². The van der Waals surface area contributed by atoms with Crippen LogP contribution in [-0.2, 0) is 11.8 Å². The van der Waals surface area contributed by atoms with E-state index in [1.165, 1.54) is 11.3 Å². The van der Waals surface area contributed by atoms with Crippen LogP contribution in [0.4, 0.5) is 11.4 Å². The number of hydrogen-bond donors (Lipinski definition) is 2. The third-order valence-electron chi connectivity index (χ3n) is 5.47. The van der Waals surface area contributed by atoms with Gasteiger partial charge in [-0.1, -0.05) is 23.7 Å². The number of likely N-dealkylation sites (N-methyl/N-ethyl adjacent to an activating group) is 2. The lowest BCUT2D eigenvalue weighted by Crippen LogP contribution is -2.34. The molecule has 3 heterocycles. The van der Waals surface area contributed by atoms with Gasteiger partial charge in [0.15, 0.2) is 0 Å². The van der Waals surface area contributed by atoms with Crippen LogP contribution in [0.1, 0.15) is 20.9 Å². The van der Waals surface area contributed by atoms with Crippen molar-refractivity contribution in [3.8, 4) is 0 Å². The summed E-state index contributed by atoms with van der Waals surface area (Å²) >= 11 is 7.66. The molecule has 7 nitrogen and oxygen atoms in total. The number of benzene rings is 1. The Balaban J connectivity index is 1.69. The zero-order valence-electron chi connectivity index (χ0n) is 19.0. The van der Waals surface area contributed by atoms with Gasteiger partial charge >= 0.3 is 0 Å². The van der Waals surface area contributed by atoms with E-state index in [9.17, 15) is 9.59 Å². The molecule has 1 aliphatic heterocycles. The third-order valence-corrected chi connectivity index (χ3v) is 6.59. The van der Waals surface area contributed by atoms with Crippen LogP contribution in [-0.4, -0.2) is 60.4 Å². The highest BCUT2D eigenvalue weighted by Crippen LogP contribution is 2.39. The van der Waals surface area contributed by atoms with Gasteiger partial charge in [-0.2, -0.15) is 0 Å². The maximum Gasteiger partial charge on any atom is 0.270 e. The van der Waals surface area contributed by atoms with E-state index in [0.29, 0.717) is 34.2 Å². The normalized spacial score (nSPS) is 14.3. The number of aromatic nitrogens is 1. The van der Waals surface area contributed by atoms with Gasteiger partial charge in [-0.3, -0.25) is 9.59 Å². The molecule has 2 amide bonds. The van der Waals surface area contributed by atoms with E-state index in [1.54, 1.807) is 28.6 Å². The van der Waals surface area contributed by atoms with E-state index in [-0.39, 0.29) is 11.8 Å². The molecule has 0 bridgehead atoms. The number of rotatable bonds is 7. The minimum absolute atomic E-state index is 0.0590. The molecule has 2 N–H and O–H groups in total. The molecule has 1 aliphatic rings. The Morgan fingerprint density at radius 3 is 2.67 bits per heavy atom. The fourth-order valence-electron chi connectivity index (χ4n) is 3.70. The van der Waals surface area contributed by atoms with Gasteiger partial charge < -0.3 is 25.0 Å². The Hall–Kier alpha value is -3.07. The first-order valence-electron chi connectivity index (χ1n) is 10.5. The van der Waals surface area contributed by atoms with Crippen LogP contribution in [0.25, 0.3) is 11.3 Å². The predicted molar refractivity (Wildman–Crippen MR) is 136 cm³/mol. The van der Waals surface area contributed by atoms with Gasteiger partial charge in [-0.15, -0.1) is 11.3 Å². The number of hydrogen-bond acceptors (Lipinski definition) is 5. The molecule has 0 saturated heterocycles. The second-order valence-corrected chi connectivity index (χ2v) is 9.64. The van der Waals surface area contributed by atoms with E-state index < -0.39 is 0 Å². The SMILES string of the molecule is CN(C)CCN(C)C(=O)c1cc(N/C(=C2\C(=O)Nc3cc(Cl)ccc32)c2cccs2)cn1C. The van der Waals surface area contributed by atoms with Crippen LogP contribution in [0.5, 0.6) is 0 Å². The van der Waals surface area contributed by atoms with E-state index in [2.05, 4.69) is 10.6 Å². The van der Waals surface area contributed by atoms with Gasteiger partial charge in [0.2, 0.25) is 0 Å². The molecule has 1 aromatic carbocycles. The molecular weight excluding hydrogens is 458 g/mol. The predicted octanol–water partition coefficient (Wildman–Crippen LogP) is 4.31. The van der Waals surface area contributed by atoms with Crippen molar-refractivity contribution < 1.29 is 9.59 Å². The van der Waals surface area contributed by atoms with Gasteiger partial charge in [0.1, 0.15) is 5.69 Å². The number of carbonyl (C=O) groups is 2. The summed E-state index contributed by atoms with van der Waals surface area (Å²) in [5.74, 6) is -0.254. The summed E-state index contributed by atoms with van der Waals surface area (Å²) in [5.41, 5.74) is 4.00. The van der Waals surface area contributed by atoms with Crippen molar-refractivity contribution >= 4 is 57.4 Å². The number of carbonyl (C=O) groups excluding carboxylic acids is 2. The Bertz CT molecular complexity index is 1230. The standard InChI is InChI=1S/C24H26ClN5O2S/c1-28(2)9-10-29(3)24(32)19-13-16(14-30(19)4)26-22(20-6-5-11-33-20)21-17-8-7-15(25)12-18(17)27-23(21)31/h5-8,11-14,26H,9-10H2,1-4H3,(H,27,31)/b22-21-. The van der Waals surface area contributed by atoms with Gasteiger partial charge in [0, 0.05) is 44.0 Å². The average Bonchev–Trinajstić information content (AvgIpc) is 3.48. The second-order valence-electron chi connectivity index (χ2n) is 8.25. The van der Waals surface area contributed by atoms with Gasteiger partial charge in [0.25, 0.3) is 11.8 Å². The lowest BCUT2D eigenvalue weighted by molar-refractivity contribution is -0.110. The molecule has 0 fully saturated rings. The number of halogens is 1. The van der Waals surface area contributed by atoms with Crippen LogP contribution in [0.3, 0.4) is 0 Å². The van der Waals surface area contributed by atoms with Crippen LogP contribution >= 0.6 is 22.9 Å². The third kappa shape index (κ3) is 4.83. The molecule has 0 aliphatic carbocycles. The highest BCUT2D eigenvalue weighted by Gasteiger charge is 2.29. The molecular formula is C24H26ClN5O2S. The van der Waals surface area contributed by atoms with Crippen molar-refractivity contribution in [3.05, 3.63) is 69.1 Å². The smallest absolute Gasteiger partial charge is 0.270 e. The maximum atomic E-state index is 13.0. The first-order chi connectivity index (χ1) is 15.7. The minimum Gasteiger partial charge on any atom is -0.352 e. The zero-order valence-corrected chi connectivity index (χ0v) is 20.5. The molecule has 0 saturated carbocycles. The molecule has 33 heavy (non-hydrogen) atoms. The fourth-order valence-corrected chi connectivity index (χ4v) is 4.60. The molecule has 2 aromatic heterocycles. The number of nitrogens with zero attached hydrogens (tertiary/aromatic N) is 3. The molecule has 0 atom stereocenters. The van der Waals surface area contributed by atoms with E-state index in [1.807, 2.05) is 61.9 Å². The Labute approximate surface area is 202 Å². The molecule has 3 aromatic rings. The summed E-state index contributed by atoms with van der Waals surface area (Å²) < 4.78 is 1.80. The number of nitrogens with one attached hydrogen (secondary N) is 2. The molecule has 4 rings (SSSR count). The topological polar surface area (TPSA) is 69.6 Å². The summed E-state index contributed by atoms with van der Waals surface area (Å²) in [7, 11) is 7.60. The summed E-state index contributed by atoms with van der Waals surface area (Å²) in [6.45, 7) is 1.41. The van der Waals surface area contributed by atoms with Crippen LogP contribution in [0.2, 0.25) is 5.02 Å². The largest absolute Gasteiger partial charge is 0.352 e. The van der Waals surface area contributed by atoms with Gasteiger partial charge in [0.05, 0.1) is 27.5 Å². The highest BCUT2D eigenvalue weighted by molar-refractivity contribution is 7.11. The van der Waals surface area contributed by atoms with Crippen molar-refractivity contribution in [1.82, 2.24) is 14.4 Å². The lowest BCUT2D eigenvalue weighted by Gasteiger charge is -2.19. The van der Waals surface area contributed by atoms with Crippen molar-refractivity contribution in [3.63, 3.8) is 0 Å². The zero-order chi connectivity index (χ0) is 23.7. The fraction of sp³-hybridized carbons (Fsp3) is 0.250. The van der Waals surface area contributed by atoms with E-state index in [4.69, 9.17) is 11.6 Å². The number of thiophene rings is 1. The van der Waals surface area contributed by atoms with E-state index >= 15 is 0 Å². The van der Waals surface area contributed by atoms with Gasteiger partial charge in [-0.25, -0.2) is 0 Å². The highest BCUT2D eigenvalue weighted by atomic mass is 35.5. The monoisotopic (exact) mass is 483 g/mol. The summed E-state index contributed by atoms with van der Waals surface area (Å²) in [6, 6.07) is 11.1. The first-order valence-corrected chi connectivity index (χ1v) is 11.7. The van der Waals surface area contributed by atoms with Crippen LogP contribution < -0.4 is 10.6 Å². The van der Waals surface area contributed by atoms with Crippen LogP contribution in [0.15, 0.2) is 48.0 Å². The molecule has 9 heteroatoms. The Kier molecular flexibility index (Phi) is 6.60. The molecule has 172 valence electrons. The number of fused-ring (bicyclic) bond motifs is 1. The number of anilines is 2. The molecule has 0 spiro atoms. The summed E-state index contributed by atoms with van der Waals surface area (Å²) in [5, 5.41) is 8.84. The number of aryl methyl sites for hydroxylation is 1. The van der Waals surface area contributed by atoms with Crippen LogP contribution in [0, 0.1) is 0 Å². The Morgan fingerprint density at radius 1 is 1.18 bits per heavy atom. The lowest BCUT2D eigenvalue weighted by atomic mass is 10.0. The quantitative estimate of drug-likeness (QED) is 0.491. The maximum absolute atomic E-state index is 13.0. The minimum atomic E-state index is -0.196. The van der Waals surface area contributed by atoms with Crippen molar-refractivity contribution in [2.75, 3.05) is 44.9 Å². The Morgan fingerprint density at radius 2 is 1.97 bits per heavy atom. The van der Waals surface area contributed by atoms with Crippen molar-refractivity contribution in [2.45, 2.75) is 0 Å². The van der Waals surface area contributed by atoms with Crippen molar-refractivity contribution in [1.29, 1.82) is 0 Å². The number of amides is 2. The van der Waals surface area contributed by atoms with Gasteiger partial charge in [-0.05, 0) is 43.7 Å². The average molecular weight is 484 g/mol. The summed E-state index contributed by atoms with van der Waals surface area (Å²) in [6.07, 6.45) is 1.86.